The van der Waals surface area contributed by atoms with Gasteiger partial charge in [-0.2, -0.15) is 0 Å². The van der Waals surface area contributed by atoms with E-state index in [1.807, 2.05) is 0 Å². The van der Waals surface area contributed by atoms with Crippen LogP contribution < -0.4 is 65.5 Å². The molecule has 0 atom stereocenters. The van der Waals surface area contributed by atoms with Crippen LogP contribution in [-0.2, 0) is 0 Å². The minimum Gasteiger partial charge on any atom is -1.00 e. The summed E-state index contributed by atoms with van der Waals surface area (Å²) in [7, 11) is 0. The Morgan fingerprint density at radius 3 is 0.600 bits per heavy atom. The molecule has 5 heavy (non-hydrogen) atoms. The monoisotopic (exact) mass is 105 g/mol. The van der Waals surface area contributed by atoms with Crippen LogP contribution in [-0.4, -0.2) is 10.1 Å². The second kappa shape index (κ2) is 46.4. The first-order valence-electron chi connectivity index (χ1n) is 0. The summed E-state index contributed by atoms with van der Waals surface area (Å²) in [5.41, 5.74) is 0. The molecule has 0 heterocycles. The number of rotatable bonds is 0. The quantitative estimate of drug-likeness (QED) is 0.268. The summed E-state index contributed by atoms with van der Waals surface area (Å²) in [6, 6.07) is 0. The average Bonchev–Trinajstić information content (AvgIpc) is 0. The predicted molar refractivity (Wildman–Crippen MR) is 5.75 cm³/mol. The van der Waals surface area contributed by atoms with Gasteiger partial charge in [-0.3, -0.25) is 0 Å². The third kappa shape index (κ3) is 28.4. The molecule has 5 heteroatoms. The Morgan fingerprint density at radius 1 is 0.600 bits per heavy atom. The largest absolute Gasteiger partial charge is 2.00 e. The van der Waals surface area contributed by atoms with Gasteiger partial charge in [-0.15, -0.1) is 0 Å². The smallest absolute Gasteiger partial charge is 1.00 e. The fourth-order valence-electron chi connectivity index (χ4n) is 0. The topological polar surface area (TPSA) is 0 Å². The van der Waals surface area contributed by atoms with E-state index in [9.17, 15) is 0 Å². The summed E-state index contributed by atoms with van der Waals surface area (Å²) in [5.74, 6) is 0. The molecule has 0 bridgehead atoms. The average molecular weight is 105 g/mol. The van der Waals surface area contributed by atoms with Crippen LogP contribution in [0.5, 0.6) is 0 Å². The van der Waals surface area contributed by atoms with Crippen molar-refractivity contribution in [1.82, 2.24) is 0 Å². The van der Waals surface area contributed by atoms with Crippen molar-refractivity contribution in [1.29, 1.82) is 0 Å². The standard InChI is InChI=1S/Be.3FH.K/h;3*1H;/q+2;;;;+1/p-3. The molecule has 0 fully saturated rings. The maximum absolute atomic E-state index is 0. The molecule has 0 aliphatic heterocycles. The van der Waals surface area contributed by atoms with Gasteiger partial charge in [0.15, 0.2) is 0 Å². The molecule has 0 nitrogen and oxygen atoms in total. The minimum atomic E-state index is 0. The Kier molecular flexibility index (Phi) is 753. The second-order valence-corrected chi connectivity index (χ2v) is 0. The van der Waals surface area contributed by atoms with Gasteiger partial charge in [-0.1, -0.05) is 0 Å². The fourth-order valence-corrected chi connectivity index (χ4v) is 0. The van der Waals surface area contributed by atoms with E-state index < -0.39 is 0 Å². The van der Waals surface area contributed by atoms with Crippen molar-refractivity contribution >= 4 is 10.1 Å². The van der Waals surface area contributed by atoms with Crippen LogP contribution in [0.1, 0.15) is 0 Å². The summed E-state index contributed by atoms with van der Waals surface area (Å²) in [6.07, 6.45) is 0. The van der Waals surface area contributed by atoms with Crippen LogP contribution in [0.25, 0.3) is 0 Å². The minimum absolute atomic E-state index is 0. The zero-order valence-electron chi connectivity index (χ0n) is 2.84. The van der Waals surface area contributed by atoms with Gasteiger partial charge in [-0.05, 0) is 0 Å². The SMILES string of the molecule is [Be+2].[F-].[F-].[F-].[K+]. The third-order valence-corrected chi connectivity index (χ3v) is 0. The molecule has 0 N–H and O–H groups in total. The second-order valence-electron chi connectivity index (χ2n) is 0. The van der Waals surface area contributed by atoms with Gasteiger partial charge in [0.05, 0.1) is 0 Å². The van der Waals surface area contributed by atoms with Crippen LogP contribution in [0.3, 0.4) is 0 Å². The molecular weight excluding hydrogens is 105 g/mol. The van der Waals surface area contributed by atoms with Crippen LogP contribution in [0, 0.1) is 0 Å². The van der Waals surface area contributed by atoms with E-state index >= 15 is 0 Å². The van der Waals surface area contributed by atoms with E-state index in [2.05, 4.69) is 0 Å². The van der Waals surface area contributed by atoms with Crippen molar-refractivity contribution in [3.8, 4) is 0 Å². The first-order valence-corrected chi connectivity index (χ1v) is 0. The van der Waals surface area contributed by atoms with Crippen molar-refractivity contribution in [3.63, 3.8) is 0 Å². The first-order chi connectivity index (χ1) is 0. The van der Waals surface area contributed by atoms with Crippen LogP contribution in [0.15, 0.2) is 0 Å². The van der Waals surface area contributed by atoms with Gasteiger partial charge in [0.25, 0.3) is 0 Å². The summed E-state index contributed by atoms with van der Waals surface area (Å²) in [5, 5.41) is 0. The molecule has 0 aliphatic rings. The van der Waals surface area contributed by atoms with Crippen molar-refractivity contribution in [2.45, 2.75) is 0 Å². The maximum Gasteiger partial charge on any atom is 2.00 e. The Bertz CT molecular complexity index is 6.85. The third-order valence-electron chi connectivity index (χ3n) is 0. The van der Waals surface area contributed by atoms with Crippen LogP contribution >= 0.6 is 0 Å². The zero-order chi connectivity index (χ0) is 0. The Morgan fingerprint density at radius 2 is 0.600 bits per heavy atom. The van der Waals surface area contributed by atoms with E-state index in [0.717, 1.165) is 0 Å². The van der Waals surface area contributed by atoms with Gasteiger partial charge < -0.3 is 14.1 Å². The van der Waals surface area contributed by atoms with E-state index in [-0.39, 0.29) is 75.6 Å². The van der Waals surface area contributed by atoms with Crippen molar-refractivity contribution in [2.24, 2.45) is 0 Å². The van der Waals surface area contributed by atoms with Crippen LogP contribution in [0.4, 0.5) is 0 Å². The Labute approximate surface area is 74.4 Å². The number of halogens is 3. The summed E-state index contributed by atoms with van der Waals surface area (Å²) >= 11 is 0. The molecule has 0 aliphatic carbocycles. The summed E-state index contributed by atoms with van der Waals surface area (Å²) < 4.78 is 0. The molecule has 0 aromatic rings. The van der Waals surface area contributed by atoms with Crippen molar-refractivity contribution < 1.29 is 65.5 Å². The molecule has 0 rings (SSSR count). The van der Waals surface area contributed by atoms with Crippen LogP contribution in [0.2, 0.25) is 0 Å². The molecule has 0 unspecified atom stereocenters. The Hall–Kier alpha value is 1.60. The van der Waals surface area contributed by atoms with E-state index in [1.54, 1.807) is 0 Å². The molecule has 0 saturated heterocycles. The molecule has 0 spiro atoms. The van der Waals surface area contributed by atoms with Crippen molar-refractivity contribution in [2.75, 3.05) is 0 Å². The molecule has 0 aromatic carbocycles. The fraction of sp³-hybridized carbons (Fsp3) is 0. The predicted octanol–water partition coefficient (Wildman–Crippen LogP) is -12.4. The van der Waals surface area contributed by atoms with Crippen molar-refractivity contribution in [3.05, 3.63) is 0 Å². The normalized spacial score (nSPS) is 0. The maximum atomic E-state index is 0. The zero-order valence-corrected chi connectivity index (χ0v) is 5.96. The first kappa shape index (κ1) is 81.1. The van der Waals surface area contributed by atoms with Gasteiger partial charge >= 0.3 is 61.5 Å². The molecule has 0 saturated carbocycles. The van der Waals surface area contributed by atoms with Gasteiger partial charge in [-0.25, -0.2) is 0 Å². The Balaban J connectivity index is 0. The van der Waals surface area contributed by atoms with Gasteiger partial charge in [0, 0.05) is 0 Å². The van der Waals surface area contributed by atoms with E-state index in [0.29, 0.717) is 0 Å². The molecule has 24 valence electrons. The van der Waals surface area contributed by atoms with E-state index in [1.165, 1.54) is 0 Å². The number of hydrogen-bond donors (Lipinski definition) is 0. The molecule has 0 aromatic heterocycles. The molecule has 0 radical (unpaired) electrons. The summed E-state index contributed by atoms with van der Waals surface area (Å²) in [6.45, 7) is 0. The van der Waals surface area contributed by atoms with Gasteiger partial charge in [0.2, 0.25) is 0 Å². The van der Waals surface area contributed by atoms with Gasteiger partial charge in [0.1, 0.15) is 0 Å². The summed E-state index contributed by atoms with van der Waals surface area (Å²) in [4.78, 5) is 0. The van der Waals surface area contributed by atoms with E-state index in [4.69, 9.17) is 0 Å². The molecular formula is BeF3K. The molecule has 0 amide bonds. The number of hydrogen-bond acceptors (Lipinski definition) is 0.